The summed E-state index contributed by atoms with van der Waals surface area (Å²) in [6.07, 6.45) is 5.98. The highest BCUT2D eigenvalue weighted by Gasteiger charge is 2.26. The normalized spacial score (nSPS) is 28.2. The summed E-state index contributed by atoms with van der Waals surface area (Å²) in [6, 6.07) is 0. The number of thiazole rings is 1. The van der Waals surface area contributed by atoms with Crippen LogP contribution in [0.3, 0.4) is 0 Å². The summed E-state index contributed by atoms with van der Waals surface area (Å²) < 4.78 is 0. The van der Waals surface area contributed by atoms with Gasteiger partial charge in [0, 0.05) is 23.5 Å². The van der Waals surface area contributed by atoms with Crippen LogP contribution in [-0.2, 0) is 6.54 Å². The summed E-state index contributed by atoms with van der Waals surface area (Å²) in [6.45, 7) is 2.97. The van der Waals surface area contributed by atoms with Gasteiger partial charge in [0.15, 0.2) is 0 Å². The minimum Gasteiger partial charge on any atom is -0.326 e. The van der Waals surface area contributed by atoms with Crippen molar-refractivity contribution >= 4 is 11.3 Å². The maximum atomic E-state index is 5.57. The Morgan fingerprint density at radius 3 is 3.00 bits per heavy atom. The highest BCUT2D eigenvalue weighted by Crippen LogP contribution is 2.40. The van der Waals surface area contributed by atoms with Crippen molar-refractivity contribution in [3.63, 3.8) is 0 Å². The molecule has 1 heterocycles. The lowest BCUT2D eigenvalue weighted by Crippen LogP contribution is -2.00. The fraction of sp³-hybridized carbons (Fsp3) is 0.700. The van der Waals surface area contributed by atoms with E-state index in [4.69, 9.17) is 5.73 Å². The zero-order valence-corrected chi connectivity index (χ0v) is 8.81. The van der Waals surface area contributed by atoms with Gasteiger partial charge in [-0.05, 0) is 12.3 Å². The molecule has 0 radical (unpaired) electrons. The van der Waals surface area contributed by atoms with Gasteiger partial charge >= 0.3 is 0 Å². The van der Waals surface area contributed by atoms with Crippen molar-refractivity contribution in [3.05, 3.63) is 16.1 Å². The number of rotatable bonds is 2. The first-order valence-electron chi connectivity index (χ1n) is 4.96. The van der Waals surface area contributed by atoms with Gasteiger partial charge in [0.2, 0.25) is 0 Å². The Kier molecular flexibility index (Phi) is 2.65. The summed E-state index contributed by atoms with van der Waals surface area (Å²) in [5.74, 6) is 1.53. The number of hydrogen-bond donors (Lipinski definition) is 1. The standard InChI is InChI=1S/C10H16N2S/c1-7-3-2-4-9(7)10-12-6-8(5-11)13-10/h6-7,9H,2-5,11H2,1H3. The van der Waals surface area contributed by atoms with E-state index < -0.39 is 0 Å². The molecule has 2 rings (SSSR count). The molecular weight excluding hydrogens is 180 g/mol. The lowest BCUT2D eigenvalue weighted by Gasteiger charge is -2.10. The van der Waals surface area contributed by atoms with Crippen molar-refractivity contribution in [2.75, 3.05) is 0 Å². The predicted octanol–water partition coefficient (Wildman–Crippen LogP) is 2.51. The van der Waals surface area contributed by atoms with Gasteiger partial charge in [-0.15, -0.1) is 11.3 Å². The van der Waals surface area contributed by atoms with Gasteiger partial charge in [-0.25, -0.2) is 4.98 Å². The van der Waals surface area contributed by atoms with Crippen LogP contribution in [0.4, 0.5) is 0 Å². The zero-order chi connectivity index (χ0) is 9.26. The van der Waals surface area contributed by atoms with E-state index in [1.54, 1.807) is 11.3 Å². The fourth-order valence-electron chi connectivity index (χ4n) is 2.10. The van der Waals surface area contributed by atoms with E-state index in [0.717, 1.165) is 5.92 Å². The highest BCUT2D eigenvalue weighted by molar-refractivity contribution is 7.11. The van der Waals surface area contributed by atoms with Crippen molar-refractivity contribution < 1.29 is 0 Å². The molecule has 1 aliphatic carbocycles. The van der Waals surface area contributed by atoms with Crippen LogP contribution in [-0.4, -0.2) is 4.98 Å². The average Bonchev–Trinajstić information content (AvgIpc) is 2.71. The van der Waals surface area contributed by atoms with E-state index in [1.807, 2.05) is 6.20 Å². The molecule has 0 saturated heterocycles. The molecule has 1 saturated carbocycles. The minimum atomic E-state index is 0.638. The second-order valence-corrected chi connectivity index (χ2v) is 5.03. The van der Waals surface area contributed by atoms with E-state index in [9.17, 15) is 0 Å². The lowest BCUT2D eigenvalue weighted by atomic mass is 9.99. The largest absolute Gasteiger partial charge is 0.326 e. The molecule has 0 bridgehead atoms. The van der Waals surface area contributed by atoms with Crippen LogP contribution >= 0.6 is 11.3 Å². The van der Waals surface area contributed by atoms with E-state index in [1.165, 1.54) is 29.1 Å². The van der Waals surface area contributed by atoms with E-state index in [-0.39, 0.29) is 0 Å². The molecule has 1 aromatic rings. The smallest absolute Gasteiger partial charge is 0.0961 e. The number of aromatic nitrogens is 1. The summed E-state index contributed by atoms with van der Waals surface area (Å²) in [4.78, 5) is 5.67. The Morgan fingerprint density at radius 2 is 2.46 bits per heavy atom. The van der Waals surface area contributed by atoms with Gasteiger partial charge in [0.1, 0.15) is 0 Å². The van der Waals surface area contributed by atoms with Gasteiger partial charge in [0.25, 0.3) is 0 Å². The molecule has 2 nitrogen and oxygen atoms in total. The molecule has 2 N–H and O–H groups in total. The summed E-state index contributed by atoms with van der Waals surface area (Å²) in [5.41, 5.74) is 5.57. The molecule has 2 unspecified atom stereocenters. The van der Waals surface area contributed by atoms with Crippen LogP contribution in [0.2, 0.25) is 0 Å². The molecular formula is C10H16N2S. The first kappa shape index (κ1) is 9.16. The first-order valence-corrected chi connectivity index (χ1v) is 5.77. The quantitative estimate of drug-likeness (QED) is 0.789. The predicted molar refractivity (Wildman–Crippen MR) is 55.8 cm³/mol. The molecule has 2 atom stereocenters. The summed E-state index contributed by atoms with van der Waals surface area (Å²) in [5, 5.41) is 1.31. The van der Waals surface area contributed by atoms with Crippen molar-refractivity contribution in [1.82, 2.24) is 4.98 Å². The molecule has 1 fully saturated rings. The van der Waals surface area contributed by atoms with Gasteiger partial charge in [-0.1, -0.05) is 19.8 Å². The highest BCUT2D eigenvalue weighted by atomic mass is 32.1. The molecule has 0 aromatic carbocycles. The van der Waals surface area contributed by atoms with Gasteiger partial charge in [-0.3, -0.25) is 0 Å². The fourth-order valence-corrected chi connectivity index (χ4v) is 3.17. The Morgan fingerprint density at radius 1 is 1.62 bits per heavy atom. The van der Waals surface area contributed by atoms with Crippen LogP contribution in [0.25, 0.3) is 0 Å². The molecule has 1 aliphatic rings. The lowest BCUT2D eigenvalue weighted by molar-refractivity contribution is 0.531. The molecule has 3 heteroatoms. The Labute approximate surface area is 83.2 Å². The first-order chi connectivity index (χ1) is 6.31. The van der Waals surface area contributed by atoms with Crippen LogP contribution in [0.1, 0.15) is 42.0 Å². The third-order valence-electron chi connectivity index (χ3n) is 2.95. The molecule has 0 spiro atoms. The summed E-state index contributed by atoms with van der Waals surface area (Å²) in [7, 11) is 0. The number of nitrogens with two attached hydrogens (primary N) is 1. The van der Waals surface area contributed by atoms with E-state index >= 15 is 0 Å². The van der Waals surface area contributed by atoms with Crippen LogP contribution < -0.4 is 5.73 Å². The van der Waals surface area contributed by atoms with Crippen molar-refractivity contribution in [2.24, 2.45) is 11.7 Å². The third kappa shape index (κ3) is 1.76. The van der Waals surface area contributed by atoms with Crippen LogP contribution in [0.15, 0.2) is 6.20 Å². The SMILES string of the molecule is CC1CCCC1c1ncc(CN)s1. The monoisotopic (exact) mass is 196 g/mol. The molecule has 0 amide bonds. The number of nitrogens with zero attached hydrogens (tertiary/aromatic N) is 1. The third-order valence-corrected chi connectivity index (χ3v) is 4.10. The minimum absolute atomic E-state index is 0.638. The second kappa shape index (κ2) is 3.76. The van der Waals surface area contributed by atoms with E-state index in [0.29, 0.717) is 12.5 Å². The maximum Gasteiger partial charge on any atom is 0.0961 e. The molecule has 0 aliphatic heterocycles. The second-order valence-electron chi connectivity index (χ2n) is 3.88. The van der Waals surface area contributed by atoms with Crippen molar-refractivity contribution in [3.8, 4) is 0 Å². The van der Waals surface area contributed by atoms with Gasteiger partial charge in [-0.2, -0.15) is 0 Å². The molecule has 13 heavy (non-hydrogen) atoms. The van der Waals surface area contributed by atoms with Crippen LogP contribution in [0, 0.1) is 5.92 Å². The Balaban J connectivity index is 2.15. The van der Waals surface area contributed by atoms with Crippen molar-refractivity contribution in [1.29, 1.82) is 0 Å². The van der Waals surface area contributed by atoms with E-state index in [2.05, 4.69) is 11.9 Å². The molecule has 1 aromatic heterocycles. The van der Waals surface area contributed by atoms with Gasteiger partial charge < -0.3 is 5.73 Å². The van der Waals surface area contributed by atoms with Crippen molar-refractivity contribution in [2.45, 2.75) is 38.6 Å². The average molecular weight is 196 g/mol. The zero-order valence-electron chi connectivity index (χ0n) is 7.99. The Hall–Kier alpha value is -0.410. The summed E-state index contributed by atoms with van der Waals surface area (Å²) >= 11 is 1.80. The van der Waals surface area contributed by atoms with Gasteiger partial charge in [0.05, 0.1) is 5.01 Å². The maximum absolute atomic E-state index is 5.57. The number of hydrogen-bond acceptors (Lipinski definition) is 3. The molecule has 72 valence electrons. The Bertz CT molecular complexity index is 282. The topological polar surface area (TPSA) is 38.9 Å². The van der Waals surface area contributed by atoms with Crippen LogP contribution in [0.5, 0.6) is 0 Å².